The minimum Gasteiger partial charge on any atom is -0.465 e. The van der Waals surface area contributed by atoms with Gasteiger partial charge >= 0.3 is 5.97 Å². The van der Waals surface area contributed by atoms with Gasteiger partial charge < -0.3 is 15.4 Å². The first-order valence-corrected chi connectivity index (χ1v) is 8.69. The summed E-state index contributed by atoms with van der Waals surface area (Å²) in [5.41, 5.74) is 5.69. The van der Waals surface area contributed by atoms with Crippen LogP contribution in [0.1, 0.15) is 59.3 Å². The van der Waals surface area contributed by atoms with Crippen LogP contribution < -0.4 is 5.73 Å². The standard InChI is InChI=1S/C17H32N2O2/c1-4-21-16(20)17(18)10-5-7-14(17)9-12-19-11-6-8-15(19)13(2)3/h13-15H,4-12,18H2,1-3H3. The van der Waals surface area contributed by atoms with E-state index >= 15 is 0 Å². The Kier molecular flexibility index (Phi) is 5.67. The molecule has 2 fully saturated rings. The van der Waals surface area contributed by atoms with Crippen LogP contribution in [0.25, 0.3) is 0 Å². The van der Waals surface area contributed by atoms with E-state index in [1.165, 1.54) is 19.4 Å². The van der Waals surface area contributed by atoms with Crippen LogP contribution in [0.4, 0.5) is 0 Å². The van der Waals surface area contributed by atoms with Crippen LogP contribution in [-0.4, -0.2) is 42.1 Å². The number of rotatable bonds is 6. The molecule has 2 aliphatic rings. The van der Waals surface area contributed by atoms with Gasteiger partial charge in [-0.25, -0.2) is 0 Å². The topological polar surface area (TPSA) is 55.6 Å². The zero-order valence-electron chi connectivity index (χ0n) is 13.9. The minimum absolute atomic E-state index is 0.186. The molecule has 1 saturated carbocycles. The fourth-order valence-corrected chi connectivity index (χ4v) is 4.24. The molecule has 3 atom stereocenters. The number of nitrogens with zero attached hydrogens (tertiary/aromatic N) is 1. The number of ether oxygens (including phenoxy) is 1. The van der Waals surface area contributed by atoms with Gasteiger partial charge in [0.05, 0.1) is 6.61 Å². The van der Waals surface area contributed by atoms with Gasteiger partial charge in [0.15, 0.2) is 0 Å². The molecule has 0 spiro atoms. The lowest BCUT2D eigenvalue weighted by molar-refractivity contribution is -0.151. The average Bonchev–Trinajstić information content (AvgIpc) is 3.04. The van der Waals surface area contributed by atoms with Crippen LogP contribution in [0.15, 0.2) is 0 Å². The highest BCUT2D eigenvalue weighted by atomic mass is 16.5. The van der Waals surface area contributed by atoms with Crippen molar-refractivity contribution < 1.29 is 9.53 Å². The van der Waals surface area contributed by atoms with Crippen LogP contribution >= 0.6 is 0 Å². The van der Waals surface area contributed by atoms with Crippen molar-refractivity contribution in [3.63, 3.8) is 0 Å². The summed E-state index contributed by atoms with van der Waals surface area (Å²) in [6, 6.07) is 0.709. The molecule has 2 rings (SSSR count). The summed E-state index contributed by atoms with van der Waals surface area (Å²) in [5.74, 6) is 0.808. The zero-order valence-corrected chi connectivity index (χ0v) is 13.9. The highest BCUT2D eigenvalue weighted by Crippen LogP contribution is 2.38. The van der Waals surface area contributed by atoms with E-state index < -0.39 is 5.54 Å². The van der Waals surface area contributed by atoms with Gasteiger partial charge in [0.1, 0.15) is 5.54 Å². The van der Waals surface area contributed by atoms with Crippen molar-refractivity contribution in [2.45, 2.75) is 70.9 Å². The summed E-state index contributed by atoms with van der Waals surface area (Å²) in [5, 5.41) is 0. The predicted octanol–water partition coefficient (Wildman–Crippen LogP) is 2.56. The molecular weight excluding hydrogens is 264 g/mol. The lowest BCUT2D eigenvalue weighted by Gasteiger charge is -2.32. The lowest BCUT2D eigenvalue weighted by atomic mass is 9.85. The molecule has 1 aliphatic carbocycles. The Morgan fingerprint density at radius 2 is 2.14 bits per heavy atom. The van der Waals surface area contributed by atoms with Crippen LogP contribution in [-0.2, 0) is 9.53 Å². The zero-order chi connectivity index (χ0) is 15.5. The Labute approximate surface area is 129 Å². The normalized spacial score (nSPS) is 33.8. The Morgan fingerprint density at radius 3 is 2.81 bits per heavy atom. The van der Waals surface area contributed by atoms with Crippen LogP contribution in [0.3, 0.4) is 0 Å². The first-order valence-electron chi connectivity index (χ1n) is 8.69. The third-order valence-corrected chi connectivity index (χ3v) is 5.48. The molecule has 0 bridgehead atoms. The molecule has 2 N–H and O–H groups in total. The highest BCUT2D eigenvalue weighted by molar-refractivity contribution is 5.81. The van der Waals surface area contributed by atoms with E-state index in [1.54, 1.807) is 0 Å². The maximum absolute atomic E-state index is 12.2. The van der Waals surface area contributed by atoms with E-state index in [4.69, 9.17) is 10.5 Å². The minimum atomic E-state index is -0.733. The van der Waals surface area contributed by atoms with Crippen LogP contribution in [0.2, 0.25) is 0 Å². The first-order chi connectivity index (χ1) is 9.99. The van der Waals surface area contributed by atoms with Gasteiger partial charge in [-0.1, -0.05) is 20.3 Å². The first kappa shape index (κ1) is 16.8. The second-order valence-electron chi connectivity index (χ2n) is 7.13. The van der Waals surface area contributed by atoms with Crippen molar-refractivity contribution in [1.29, 1.82) is 0 Å². The van der Waals surface area contributed by atoms with Gasteiger partial charge in [0.2, 0.25) is 0 Å². The van der Waals surface area contributed by atoms with Crippen molar-refractivity contribution in [2.24, 2.45) is 17.6 Å². The molecule has 3 unspecified atom stereocenters. The van der Waals surface area contributed by atoms with Crippen molar-refractivity contribution in [1.82, 2.24) is 4.90 Å². The summed E-state index contributed by atoms with van der Waals surface area (Å²) >= 11 is 0. The maximum Gasteiger partial charge on any atom is 0.326 e. The second kappa shape index (κ2) is 7.10. The number of hydrogen-bond donors (Lipinski definition) is 1. The summed E-state index contributed by atoms with van der Waals surface area (Å²) in [4.78, 5) is 14.8. The number of carbonyl (C=O) groups excluding carboxylic acids is 1. The van der Waals surface area contributed by atoms with Gasteiger partial charge in [-0.15, -0.1) is 0 Å². The van der Waals surface area contributed by atoms with E-state index in [1.807, 2.05) is 6.92 Å². The number of esters is 1. The molecule has 0 amide bonds. The average molecular weight is 296 g/mol. The van der Waals surface area contributed by atoms with E-state index in [0.717, 1.165) is 32.2 Å². The summed E-state index contributed by atoms with van der Waals surface area (Å²) in [7, 11) is 0. The summed E-state index contributed by atoms with van der Waals surface area (Å²) < 4.78 is 5.21. The van der Waals surface area contributed by atoms with Crippen molar-refractivity contribution >= 4 is 5.97 Å². The lowest BCUT2D eigenvalue weighted by Crippen LogP contribution is -2.52. The molecule has 4 nitrogen and oxygen atoms in total. The number of nitrogens with two attached hydrogens (primary N) is 1. The fraction of sp³-hybridized carbons (Fsp3) is 0.941. The molecule has 0 radical (unpaired) electrons. The van der Waals surface area contributed by atoms with Gasteiger partial charge in [0.25, 0.3) is 0 Å². The molecule has 0 aromatic heterocycles. The smallest absolute Gasteiger partial charge is 0.326 e. The Bertz CT molecular complexity index is 359. The van der Waals surface area contributed by atoms with E-state index in [9.17, 15) is 4.79 Å². The van der Waals surface area contributed by atoms with Gasteiger partial charge in [-0.3, -0.25) is 4.79 Å². The number of hydrogen-bond acceptors (Lipinski definition) is 4. The van der Waals surface area contributed by atoms with E-state index in [0.29, 0.717) is 18.6 Å². The monoisotopic (exact) mass is 296 g/mol. The number of likely N-dealkylation sites (tertiary alicyclic amines) is 1. The van der Waals surface area contributed by atoms with Crippen LogP contribution in [0, 0.1) is 11.8 Å². The highest BCUT2D eigenvalue weighted by Gasteiger charge is 2.46. The SMILES string of the molecule is CCOC(=O)C1(N)CCCC1CCN1CCCC1C(C)C. The molecule has 122 valence electrons. The second-order valence-corrected chi connectivity index (χ2v) is 7.13. The number of carbonyl (C=O) groups is 1. The summed E-state index contributed by atoms with van der Waals surface area (Å²) in [6.45, 7) is 9.17. The maximum atomic E-state index is 12.2. The molecule has 0 aromatic rings. The Morgan fingerprint density at radius 1 is 1.38 bits per heavy atom. The molecule has 1 heterocycles. The third-order valence-electron chi connectivity index (χ3n) is 5.48. The fourth-order valence-electron chi connectivity index (χ4n) is 4.24. The van der Waals surface area contributed by atoms with Gasteiger partial charge in [0, 0.05) is 6.04 Å². The molecule has 1 aliphatic heterocycles. The van der Waals surface area contributed by atoms with Crippen LogP contribution in [0.5, 0.6) is 0 Å². The van der Waals surface area contributed by atoms with Crippen molar-refractivity contribution in [3.05, 3.63) is 0 Å². The van der Waals surface area contributed by atoms with Gasteiger partial charge in [-0.05, 0) is 64.0 Å². The quantitative estimate of drug-likeness (QED) is 0.765. The van der Waals surface area contributed by atoms with Crippen molar-refractivity contribution in [2.75, 3.05) is 19.7 Å². The Balaban J connectivity index is 1.91. The molecule has 0 aromatic carbocycles. The molecule has 4 heteroatoms. The predicted molar refractivity (Wildman–Crippen MR) is 84.9 cm³/mol. The largest absolute Gasteiger partial charge is 0.465 e. The van der Waals surface area contributed by atoms with E-state index in [2.05, 4.69) is 18.7 Å². The molecule has 21 heavy (non-hydrogen) atoms. The van der Waals surface area contributed by atoms with Gasteiger partial charge in [-0.2, -0.15) is 0 Å². The van der Waals surface area contributed by atoms with E-state index in [-0.39, 0.29) is 11.9 Å². The molecular formula is C17H32N2O2. The molecule has 1 saturated heterocycles. The third kappa shape index (κ3) is 3.59. The summed E-state index contributed by atoms with van der Waals surface area (Å²) in [6.07, 6.45) is 6.54. The Hall–Kier alpha value is -0.610. The van der Waals surface area contributed by atoms with Crippen molar-refractivity contribution in [3.8, 4) is 0 Å².